The maximum Gasteiger partial charge on any atom is 0.417 e. The van der Waals surface area contributed by atoms with Crippen molar-refractivity contribution in [3.8, 4) is 0 Å². The molecule has 13 heteroatoms. The predicted molar refractivity (Wildman–Crippen MR) is 141 cm³/mol. The molecule has 0 radical (unpaired) electrons. The molecule has 0 atom stereocenters. The number of aromatic nitrogens is 2. The van der Waals surface area contributed by atoms with E-state index in [0.29, 0.717) is 43.2 Å². The molecule has 1 aromatic heterocycles. The van der Waals surface area contributed by atoms with Gasteiger partial charge < -0.3 is 20.3 Å². The Hall–Kier alpha value is -4.29. The lowest BCUT2D eigenvalue weighted by Gasteiger charge is -2.27. The van der Waals surface area contributed by atoms with Crippen LogP contribution in [-0.2, 0) is 10.9 Å². The van der Waals surface area contributed by atoms with Gasteiger partial charge in [-0.05, 0) is 54.6 Å². The van der Waals surface area contributed by atoms with E-state index in [2.05, 4.69) is 20.6 Å². The predicted octanol–water partition coefficient (Wildman–Crippen LogP) is 6.15. The summed E-state index contributed by atoms with van der Waals surface area (Å²) in [4.78, 5) is 36.7. The number of nitrogens with one attached hydrogen (secondary N) is 2. The Bertz CT molecular complexity index is 1610. The molecule has 2 amide bonds. The van der Waals surface area contributed by atoms with Crippen LogP contribution < -0.4 is 15.5 Å². The van der Waals surface area contributed by atoms with E-state index in [0.717, 1.165) is 30.3 Å². The largest absolute Gasteiger partial charge is 0.417 e. The lowest BCUT2D eigenvalue weighted by atomic mass is 10.0. The zero-order valence-electron chi connectivity index (χ0n) is 20.6. The molecular weight excluding hydrogens is 554 g/mol. The highest BCUT2D eigenvalue weighted by molar-refractivity contribution is 6.31. The summed E-state index contributed by atoms with van der Waals surface area (Å²) in [7, 11) is 0. The van der Waals surface area contributed by atoms with Gasteiger partial charge in [-0.15, -0.1) is 0 Å². The fourth-order valence-electron chi connectivity index (χ4n) is 4.14. The van der Waals surface area contributed by atoms with Crippen LogP contribution >= 0.6 is 11.6 Å². The fraction of sp³-hybridized carbons (Fsp3) is 0.185. The molecule has 5 rings (SSSR count). The Morgan fingerprint density at radius 2 is 1.62 bits per heavy atom. The summed E-state index contributed by atoms with van der Waals surface area (Å²) >= 11 is 5.69. The first-order chi connectivity index (χ1) is 19.1. The molecule has 8 nitrogen and oxygen atoms in total. The molecule has 0 spiro atoms. The van der Waals surface area contributed by atoms with Crippen molar-refractivity contribution < 1.29 is 31.9 Å². The number of amides is 2. The fourth-order valence-corrected chi connectivity index (χ4v) is 4.42. The molecule has 2 N–H and O–H groups in total. The molecule has 206 valence electrons. The van der Waals surface area contributed by atoms with Crippen LogP contribution in [0.2, 0.25) is 5.02 Å². The third-order valence-corrected chi connectivity index (χ3v) is 6.44. The van der Waals surface area contributed by atoms with Crippen molar-refractivity contribution in [1.29, 1.82) is 0 Å². The third kappa shape index (κ3) is 5.97. The van der Waals surface area contributed by atoms with Gasteiger partial charge in [-0.1, -0.05) is 11.6 Å². The Balaban J connectivity index is 1.33. The van der Waals surface area contributed by atoms with Crippen molar-refractivity contribution in [3.63, 3.8) is 0 Å². The van der Waals surface area contributed by atoms with E-state index in [1.807, 2.05) is 4.90 Å². The van der Waals surface area contributed by atoms with Crippen molar-refractivity contribution in [2.75, 3.05) is 41.8 Å². The van der Waals surface area contributed by atoms with Crippen LogP contribution in [0, 0.1) is 5.82 Å². The summed E-state index contributed by atoms with van der Waals surface area (Å²) in [6, 6.07) is 9.97. The summed E-state index contributed by atoms with van der Waals surface area (Å²) in [6.45, 7) is 2.45. The molecule has 1 aliphatic heterocycles. The molecule has 0 saturated carbocycles. The van der Waals surface area contributed by atoms with E-state index in [-0.39, 0.29) is 22.5 Å². The van der Waals surface area contributed by atoms with E-state index in [1.54, 1.807) is 12.3 Å². The number of carbonyl (C=O) groups is 2. The minimum absolute atomic E-state index is 0.00244. The van der Waals surface area contributed by atoms with E-state index in [4.69, 9.17) is 16.3 Å². The Morgan fingerprint density at radius 1 is 0.925 bits per heavy atom. The minimum Gasteiger partial charge on any atom is -0.378 e. The second-order valence-corrected chi connectivity index (χ2v) is 9.23. The number of benzene rings is 3. The van der Waals surface area contributed by atoms with Crippen LogP contribution in [0.15, 0.2) is 60.8 Å². The topological polar surface area (TPSA) is 96.5 Å². The highest BCUT2D eigenvalue weighted by Gasteiger charge is 2.33. The van der Waals surface area contributed by atoms with Gasteiger partial charge in [0.25, 0.3) is 0 Å². The van der Waals surface area contributed by atoms with Gasteiger partial charge in [0.2, 0.25) is 0 Å². The number of urea groups is 1. The van der Waals surface area contributed by atoms with Crippen molar-refractivity contribution >= 4 is 51.6 Å². The second kappa shape index (κ2) is 11.1. The first kappa shape index (κ1) is 27.3. The molecule has 3 aromatic carbocycles. The third-order valence-electron chi connectivity index (χ3n) is 6.13. The molecule has 0 unspecified atom stereocenters. The number of ether oxygens (including phenoxy) is 1. The minimum atomic E-state index is -4.64. The molecule has 40 heavy (non-hydrogen) atoms. The number of rotatable bonds is 5. The van der Waals surface area contributed by atoms with Crippen LogP contribution in [0.4, 0.5) is 39.5 Å². The van der Waals surface area contributed by atoms with Crippen LogP contribution in [-0.4, -0.2) is 48.1 Å². The lowest BCUT2D eigenvalue weighted by molar-refractivity contribution is -0.137. The van der Waals surface area contributed by atoms with Gasteiger partial charge >= 0.3 is 12.2 Å². The molecule has 0 aliphatic carbocycles. The molecular formula is C27H20ClF4N5O3. The monoisotopic (exact) mass is 573 g/mol. The van der Waals surface area contributed by atoms with Crippen molar-refractivity contribution in [3.05, 3.63) is 88.3 Å². The van der Waals surface area contributed by atoms with E-state index in [9.17, 15) is 27.2 Å². The lowest BCUT2D eigenvalue weighted by Crippen LogP contribution is -2.36. The van der Waals surface area contributed by atoms with Crippen molar-refractivity contribution in [2.45, 2.75) is 6.18 Å². The first-order valence-electron chi connectivity index (χ1n) is 12.0. The number of ketones is 1. The summed E-state index contributed by atoms with van der Waals surface area (Å²) < 4.78 is 58.8. The number of morpholine rings is 1. The van der Waals surface area contributed by atoms with Gasteiger partial charge in [0.1, 0.15) is 11.6 Å². The van der Waals surface area contributed by atoms with Crippen LogP contribution in [0.5, 0.6) is 0 Å². The average molecular weight is 574 g/mol. The standard InChI is InChI=1S/C27H20ClF4N5O3/c28-20-13-17(2-4-19(20)27(30,31)32)35-26(39)34-16-3-5-21(29)18(12-16)25(38)15-1-6-22-23(11-15)36-24(14-33-22)37-7-9-40-10-8-37/h1-6,11-14H,7-10H2,(H2,34,35,39). The highest BCUT2D eigenvalue weighted by Crippen LogP contribution is 2.36. The highest BCUT2D eigenvalue weighted by atomic mass is 35.5. The number of carbonyl (C=O) groups excluding carboxylic acids is 2. The van der Waals surface area contributed by atoms with Gasteiger partial charge in [-0.2, -0.15) is 13.2 Å². The molecule has 1 fully saturated rings. The number of hydrogen-bond acceptors (Lipinski definition) is 6. The number of nitrogens with zero attached hydrogens (tertiary/aromatic N) is 3. The van der Waals surface area contributed by atoms with Crippen LogP contribution in [0.25, 0.3) is 11.0 Å². The maximum absolute atomic E-state index is 14.7. The number of halogens is 5. The average Bonchev–Trinajstić information content (AvgIpc) is 2.93. The quantitative estimate of drug-likeness (QED) is 0.219. The number of alkyl halides is 3. The molecule has 1 aliphatic rings. The van der Waals surface area contributed by atoms with Crippen LogP contribution in [0.3, 0.4) is 0 Å². The van der Waals surface area contributed by atoms with E-state index >= 15 is 0 Å². The van der Waals surface area contributed by atoms with Crippen molar-refractivity contribution in [1.82, 2.24) is 9.97 Å². The van der Waals surface area contributed by atoms with Gasteiger partial charge in [-0.3, -0.25) is 9.78 Å². The zero-order chi connectivity index (χ0) is 28.4. The molecule has 0 bridgehead atoms. The van der Waals surface area contributed by atoms with Crippen molar-refractivity contribution in [2.24, 2.45) is 0 Å². The number of fused-ring (bicyclic) bond motifs is 1. The Morgan fingerprint density at radius 3 is 2.33 bits per heavy atom. The SMILES string of the molecule is O=C(Nc1ccc(C(F)(F)F)c(Cl)c1)Nc1ccc(F)c(C(=O)c2ccc3ncc(N4CCOCC4)nc3c2)c1. The summed E-state index contributed by atoms with van der Waals surface area (Å²) in [5, 5.41) is 4.19. The van der Waals surface area contributed by atoms with Gasteiger partial charge in [-0.25, -0.2) is 14.2 Å². The van der Waals surface area contributed by atoms with E-state index < -0.39 is 34.4 Å². The second-order valence-electron chi connectivity index (χ2n) is 8.83. The zero-order valence-corrected chi connectivity index (χ0v) is 21.3. The van der Waals surface area contributed by atoms with Gasteiger partial charge in [0.15, 0.2) is 5.78 Å². The van der Waals surface area contributed by atoms with Gasteiger partial charge in [0, 0.05) is 30.0 Å². The smallest absolute Gasteiger partial charge is 0.378 e. The number of hydrogen-bond donors (Lipinski definition) is 2. The maximum atomic E-state index is 14.7. The van der Waals surface area contributed by atoms with Gasteiger partial charge in [0.05, 0.1) is 46.6 Å². The van der Waals surface area contributed by atoms with Crippen LogP contribution in [0.1, 0.15) is 21.5 Å². The molecule has 4 aromatic rings. The first-order valence-corrected chi connectivity index (χ1v) is 12.3. The Labute approximate surface area is 229 Å². The van der Waals surface area contributed by atoms with E-state index in [1.165, 1.54) is 18.2 Å². The Kier molecular flexibility index (Phi) is 7.55. The molecule has 1 saturated heterocycles. The summed E-state index contributed by atoms with van der Waals surface area (Å²) in [5.74, 6) is -0.812. The normalized spacial score (nSPS) is 13.8. The summed E-state index contributed by atoms with van der Waals surface area (Å²) in [6.07, 6.45) is -2.99. The number of anilines is 3. The summed E-state index contributed by atoms with van der Waals surface area (Å²) in [5.41, 5.74) is -0.0756. The molecule has 2 heterocycles.